The van der Waals surface area contributed by atoms with Gasteiger partial charge in [0, 0.05) is 12.2 Å². The SMILES string of the molecule is CCCc1ccccc1NC(=O)Cn1cc(CN)nn1. The second-order valence-electron chi connectivity index (χ2n) is 4.57. The van der Waals surface area contributed by atoms with Crippen LogP contribution >= 0.6 is 0 Å². The Labute approximate surface area is 118 Å². The first-order valence-electron chi connectivity index (χ1n) is 6.69. The van der Waals surface area contributed by atoms with E-state index in [0.717, 1.165) is 24.1 Å². The molecular weight excluding hydrogens is 254 g/mol. The zero-order valence-corrected chi connectivity index (χ0v) is 11.5. The van der Waals surface area contributed by atoms with Crippen molar-refractivity contribution in [1.82, 2.24) is 15.0 Å². The molecule has 0 fully saturated rings. The topological polar surface area (TPSA) is 85.8 Å². The van der Waals surface area contributed by atoms with Crippen LogP contribution in [-0.2, 0) is 24.3 Å². The van der Waals surface area contributed by atoms with Crippen molar-refractivity contribution in [3.8, 4) is 0 Å². The lowest BCUT2D eigenvalue weighted by molar-refractivity contribution is -0.116. The fourth-order valence-corrected chi connectivity index (χ4v) is 1.98. The molecule has 0 saturated heterocycles. The van der Waals surface area contributed by atoms with E-state index in [1.807, 2.05) is 24.3 Å². The molecule has 0 saturated carbocycles. The largest absolute Gasteiger partial charge is 0.325 e. The number of nitrogens with zero attached hydrogens (tertiary/aromatic N) is 3. The molecule has 0 aliphatic rings. The molecule has 6 nitrogen and oxygen atoms in total. The van der Waals surface area contributed by atoms with E-state index in [1.54, 1.807) is 6.20 Å². The number of carbonyl (C=O) groups is 1. The van der Waals surface area contributed by atoms with Gasteiger partial charge in [-0.3, -0.25) is 4.79 Å². The minimum absolute atomic E-state index is 0.123. The van der Waals surface area contributed by atoms with Crippen LogP contribution in [0.5, 0.6) is 0 Å². The standard InChI is InChI=1S/C14H19N5O/c1-2-5-11-6-3-4-7-13(11)16-14(20)10-19-9-12(8-15)17-18-19/h3-4,6-7,9H,2,5,8,10,15H2,1H3,(H,16,20). The fourth-order valence-electron chi connectivity index (χ4n) is 1.98. The molecule has 0 unspecified atom stereocenters. The number of anilines is 1. The van der Waals surface area contributed by atoms with Crippen molar-refractivity contribution in [1.29, 1.82) is 0 Å². The molecule has 2 aromatic rings. The van der Waals surface area contributed by atoms with E-state index in [1.165, 1.54) is 4.68 Å². The van der Waals surface area contributed by atoms with Gasteiger partial charge in [0.2, 0.25) is 5.91 Å². The summed E-state index contributed by atoms with van der Waals surface area (Å²) in [5.74, 6) is -0.123. The third-order valence-corrected chi connectivity index (χ3v) is 2.91. The summed E-state index contributed by atoms with van der Waals surface area (Å²) in [6.07, 6.45) is 3.66. The van der Waals surface area contributed by atoms with Gasteiger partial charge in [0.1, 0.15) is 6.54 Å². The molecule has 20 heavy (non-hydrogen) atoms. The van der Waals surface area contributed by atoms with E-state index in [4.69, 9.17) is 5.73 Å². The summed E-state index contributed by atoms with van der Waals surface area (Å²) >= 11 is 0. The predicted octanol–water partition coefficient (Wildman–Crippen LogP) is 1.33. The van der Waals surface area contributed by atoms with Gasteiger partial charge in [0.15, 0.2) is 0 Å². The van der Waals surface area contributed by atoms with Crippen LogP contribution in [-0.4, -0.2) is 20.9 Å². The van der Waals surface area contributed by atoms with Crippen molar-refractivity contribution < 1.29 is 4.79 Å². The number of aromatic nitrogens is 3. The summed E-state index contributed by atoms with van der Waals surface area (Å²) in [5.41, 5.74) is 8.13. The van der Waals surface area contributed by atoms with Gasteiger partial charge < -0.3 is 11.1 Å². The van der Waals surface area contributed by atoms with Gasteiger partial charge in [-0.1, -0.05) is 36.8 Å². The average Bonchev–Trinajstić information content (AvgIpc) is 2.89. The van der Waals surface area contributed by atoms with E-state index < -0.39 is 0 Å². The summed E-state index contributed by atoms with van der Waals surface area (Å²) in [6.45, 7) is 2.57. The summed E-state index contributed by atoms with van der Waals surface area (Å²) in [5, 5.41) is 10.6. The lowest BCUT2D eigenvalue weighted by atomic mass is 10.1. The normalized spacial score (nSPS) is 10.5. The van der Waals surface area contributed by atoms with Gasteiger partial charge in [-0.25, -0.2) is 4.68 Å². The number of nitrogens with one attached hydrogen (secondary N) is 1. The molecule has 6 heteroatoms. The summed E-state index contributed by atoms with van der Waals surface area (Å²) < 4.78 is 1.49. The molecule has 2 rings (SSSR count). The molecule has 0 atom stereocenters. The minimum atomic E-state index is -0.123. The zero-order chi connectivity index (χ0) is 14.4. The number of para-hydroxylation sites is 1. The van der Waals surface area contributed by atoms with Crippen molar-refractivity contribution in [2.24, 2.45) is 5.73 Å². The lowest BCUT2D eigenvalue weighted by Gasteiger charge is -2.10. The number of aryl methyl sites for hydroxylation is 1. The first kappa shape index (κ1) is 14.2. The Morgan fingerprint density at radius 2 is 2.20 bits per heavy atom. The van der Waals surface area contributed by atoms with Crippen molar-refractivity contribution in [2.45, 2.75) is 32.9 Å². The monoisotopic (exact) mass is 273 g/mol. The predicted molar refractivity (Wildman–Crippen MR) is 77.0 cm³/mol. The summed E-state index contributed by atoms with van der Waals surface area (Å²) in [4.78, 5) is 12.0. The number of rotatable bonds is 6. The summed E-state index contributed by atoms with van der Waals surface area (Å²) in [6, 6.07) is 7.83. The number of hydrogen-bond acceptors (Lipinski definition) is 4. The molecule has 106 valence electrons. The molecule has 0 aliphatic heterocycles. The van der Waals surface area contributed by atoms with E-state index in [9.17, 15) is 4.79 Å². The van der Waals surface area contributed by atoms with Crippen LogP contribution in [0.15, 0.2) is 30.5 Å². The molecule has 3 N–H and O–H groups in total. The smallest absolute Gasteiger partial charge is 0.246 e. The number of hydrogen-bond donors (Lipinski definition) is 2. The molecular formula is C14H19N5O. The Balaban J connectivity index is 2.00. The van der Waals surface area contributed by atoms with E-state index >= 15 is 0 Å². The third kappa shape index (κ3) is 3.64. The van der Waals surface area contributed by atoms with Crippen molar-refractivity contribution in [3.63, 3.8) is 0 Å². The lowest BCUT2D eigenvalue weighted by Crippen LogP contribution is -2.20. The number of benzene rings is 1. The highest BCUT2D eigenvalue weighted by Crippen LogP contribution is 2.16. The average molecular weight is 273 g/mol. The first-order chi connectivity index (χ1) is 9.72. The van der Waals surface area contributed by atoms with Gasteiger partial charge in [0.05, 0.1) is 11.9 Å². The van der Waals surface area contributed by atoms with Crippen LogP contribution in [0.3, 0.4) is 0 Å². The zero-order valence-electron chi connectivity index (χ0n) is 11.5. The second kappa shape index (κ2) is 6.81. The third-order valence-electron chi connectivity index (χ3n) is 2.91. The minimum Gasteiger partial charge on any atom is -0.325 e. The van der Waals surface area contributed by atoms with Gasteiger partial charge in [-0.05, 0) is 18.1 Å². The van der Waals surface area contributed by atoms with Crippen LogP contribution in [0.1, 0.15) is 24.6 Å². The van der Waals surface area contributed by atoms with Crippen LogP contribution in [0.2, 0.25) is 0 Å². The van der Waals surface area contributed by atoms with Crippen LogP contribution in [0.25, 0.3) is 0 Å². The van der Waals surface area contributed by atoms with Gasteiger partial charge >= 0.3 is 0 Å². The molecule has 0 spiro atoms. The van der Waals surface area contributed by atoms with Crippen LogP contribution in [0, 0.1) is 0 Å². The van der Waals surface area contributed by atoms with Gasteiger partial charge in [0.25, 0.3) is 0 Å². The quantitative estimate of drug-likeness (QED) is 0.831. The first-order valence-corrected chi connectivity index (χ1v) is 6.69. The van der Waals surface area contributed by atoms with Crippen molar-refractivity contribution in [2.75, 3.05) is 5.32 Å². The highest BCUT2D eigenvalue weighted by molar-refractivity contribution is 5.91. The molecule has 1 amide bonds. The Bertz CT molecular complexity index is 578. The summed E-state index contributed by atoms with van der Waals surface area (Å²) in [7, 11) is 0. The number of amides is 1. The highest BCUT2D eigenvalue weighted by atomic mass is 16.2. The molecule has 0 bridgehead atoms. The molecule has 1 aromatic heterocycles. The van der Waals surface area contributed by atoms with Crippen molar-refractivity contribution >= 4 is 11.6 Å². The van der Waals surface area contributed by atoms with E-state index in [-0.39, 0.29) is 12.5 Å². The molecule has 1 aromatic carbocycles. The molecule has 0 radical (unpaired) electrons. The van der Waals surface area contributed by atoms with Gasteiger partial charge in [-0.15, -0.1) is 5.10 Å². The maximum atomic E-state index is 12.0. The van der Waals surface area contributed by atoms with Gasteiger partial charge in [-0.2, -0.15) is 0 Å². The molecule has 1 heterocycles. The Morgan fingerprint density at radius 1 is 1.40 bits per heavy atom. The Hall–Kier alpha value is -2.21. The van der Waals surface area contributed by atoms with Crippen LogP contribution < -0.4 is 11.1 Å². The molecule has 0 aliphatic carbocycles. The van der Waals surface area contributed by atoms with E-state index in [0.29, 0.717) is 12.2 Å². The maximum Gasteiger partial charge on any atom is 0.246 e. The Kier molecular flexibility index (Phi) is 4.84. The Morgan fingerprint density at radius 3 is 2.90 bits per heavy atom. The van der Waals surface area contributed by atoms with Crippen LogP contribution in [0.4, 0.5) is 5.69 Å². The number of nitrogens with two attached hydrogens (primary N) is 1. The highest BCUT2D eigenvalue weighted by Gasteiger charge is 2.08. The second-order valence-corrected chi connectivity index (χ2v) is 4.57. The number of carbonyl (C=O) groups excluding carboxylic acids is 1. The maximum absolute atomic E-state index is 12.0. The van der Waals surface area contributed by atoms with E-state index in [2.05, 4.69) is 22.6 Å². The fraction of sp³-hybridized carbons (Fsp3) is 0.357. The van der Waals surface area contributed by atoms with Crippen molar-refractivity contribution in [3.05, 3.63) is 41.7 Å².